The van der Waals surface area contributed by atoms with E-state index in [9.17, 15) is 23.1 Å². The average molecular weight is 318 g/mol. The van der Waals surface area contributed by atoms with E-state index >= 15 is 0 Å². The zero-order chi connectivity index (χ0) is 16.2. The summed E-state index contributed by atoms with van der Waals surface area (Å²) in [5, 5.41) is 14.9. The standard InChI is InChI=1S/C14H17F3N2O3/c15-14(16,17)22-11-3-1-9(2-4-11)5-6-18-13(21)12-7-10(20)8-19-12/h1-4,10,12,19-20H,5-8H2,(H,18,21)/t10-,12-/m1/s1. The molecule has 122 valence electrons. The highest BCUT2D eigenvalue weighted by Crippen LogP contribution is 2.22. The van der Waals surface area contributed by atoms with Crippen molar-refractivity contribution in [3.8, 4) is 5.75 Å². The molecule has 1 heterocycles. The predicted molar refractivity (Wildman–Crippen MR) is 72.3 cm³/mol. The zero-order valence-corrected chi connectivity index (χ0v) is 11.7. The lowest BCUT2D eigenvalue weighted by Gasteiger charge is -2.11. The summed E-state index contributed by atoms with van der Waals surface area (Å²) in [5.41, 5.74) is 0.786. The van der Waals surface area contributed by atoms with Crippen molar-refractivity contribution in [2.24, 2.45) is 0 Å². The summed E-state index contributed by atoms with van der Waals surface area (Å²) in [6.45, 7) is 0.769. The molecule has 2 atom stereocenters. The summed E-state index contributed by atoms with van der Waals surface area (Å²) in [6, 6.07) is 5.12. The van der Waals surface area contributed by atoms with E-state index in [1.54, 1.807) is 0 Å². The van der Waals surface area contributed by atoms with E-state index < -0.39 is 18.5 Å². The smallest absolute Gasteiger partial charge is 0.406 e. The van der Waals surface area contributed by atoms with Crippen molar-refractivity contribution in [3.63, 3.8) is 0 Å². The molecule has 1 aliphatic heterocycles. The predicted octanol–water partition coefficient (Wildman–Crippen LogP) is 0.967. The van der Waals surface area contributed by atoms with Crippen molar-refractivity contribution < 1.29 is 27.8 Å². The molecule has 0 saturated carbocycles. The average Bonchev–Trinajstić information content (AvgIpc) is 2.86. The fraction of sp³-hybridized carbons (Fsp3) is 0.500. The topological polar surface area (TPSA) is 70.6 Å². The molecular weight excluding hydrogens is 301 g/mol. The van der Waals surface area contributed by atoms with Crippen LogP contribution in [0.15, 0.2) is 24.3 Å². The molecule has 1 aromatic rings. The number of β-amino-alcohol motifs (C(OH)–C–C–N with tert-alkyl or cyclic N) is 1. The van der Waals surface area contributed by atoms with Gasteiger partial charge in [0, 0.05) is 13.1 Å². The second-order valence-electron chi connectivity index (χ2n) is 5.08. The van der Waals surface area contributed by atoms with Crippen molar-refractivity contribution in [3.05, 3.63) is 29.8 Å². The molecule has 22 heavy (non-hydrogen) atoms. The van der Waals surface area contributed by atoms with Crippen molar-refractivity contribution >= 4 is 5.91 Å². The Morgan fingerprint density at radius 3 is 2.59 bits per heavy atom. The second-order valence-corrected chi connectivity index (χ2v) is 5.08. The number of carbonyl (C=O) groups excluding carboxylic acids is 1. The maximum absolute atomic E-state index is 12.0. The summed E-state index contributed by atoms with van der Waals surface area (Å²) in [4.78, 5) is 11.8. The molecule has 1 aliphatic rings. The fourth-order valence-corrected chi connectivity index (χ4v) is 2.23. The number of halogens is 3. The molecule has 2 rings (SSSR count). The van der Waals surface area contributed by atoms with Crippen molar-refractivity contribution in [1.29, 1.82) is 0 Å². The number of carbonyl (C=O) groups is 1. The van der Waals surface area contributed by atoms with Crippen LogP contribution in [0, 0.1) is 0 Å². The van der Waals surface area contributed by atoms with E-state index in [4.69, 9.17) is 0 Å². The molecule has 0 radical (unpaired) electrons. The Bertz CT molecular complexity index is 505. The van der Waals surface area contributed by atoms with E-state index in [0.29, 0.717) is 25.9 Å². The van der Waals surface area contributed by atoms with E-state index in [0.717, 1.165) is 5.56 Å². The van der Waals surface area contributed by atoms with Gasteiger partial charge in [0.05, 0.1) is 12.1 Å². The van der Waals surface area contributed by atoms with Gasteiger partial charge in [-0.1, -0.05) is 12.1 Å². The SMILES string of the molecule is O=C(NCCc1ccc(OC(F)(F)F)cc1)[C@H]1C[C@@H](O)CN1. The third-order valence-electron chi connectivity index (χ3n) is 3.29. The van der Waals surface area contributed by atoms with Crippen LogP contribution in [-0.2, 0) is 11.2 Å². The van der Waals surface area contributed by atoms with Gasteiger partial charge in [-0.05, 0) is 30.5 Å². The lowest BCUT2D eigenvalue weighted by Crippen LogP contribution is -2.41. The van der Waals surface area contributed by atoms with Crippen LogP contribution < -0.4 is 15.4 Å². The van der Waals surface area contributed by atoms with Gasteiger partial charge < -0.3 is 20.5 Å². The molecule has 1 fully saturated rings. The maximum atomic E-state index is 12.0. The highest BCUT2D eigenvalue weighted by molar-refractivity contribution is 5.82. The van der Waals surface area contributed by atoms with Gasteiger partial charge in [-0.15, -0.1) is 13.2 Å². The molecule has 0 aliphatic carbocycles. The lowest BCUT2D eigenvalue weighted by atomic mass is 10.1. The number of nitrogens with one attached hydrogen (secondary N) is 2. The molecule has 0 bridgehead atoms. The van der Waals surface area contributed by atoms with Crippen LogP contribution in [0.25, 0.3) is 0 Å². The first kappa shape index (κ1) is 16.6. The van der Waals surface area contributed by atoms with Crippen LogP contribution in [0.3, 0.4) is 0 Å². The van der Waals surface area contributed by atoms with Crippen molar-refractivity contribution in [2.75, 3.05) is 13.1 Å². The Labute approximate surface area is 125 Å². The van der Waals surface area contributed by atoms with Crippen LogP contribution in [0.4, 0.5) is 13.2 Å². The van der Waals surface area contributed by atoms with Gasteiger partial charge >= 0.3 is 6.36 Å². The van der Waals surface area contributed by atoms with Gasteiger partial charge in [0.25, 0.3) is 0 Å². The first-order valence-corrected chi connectivity index (χ1v) is 6.87. The minimum Gasteiger partial charge on any atom is -0.406 e. The Hall–Kier alpha value is -1.80. The second kappa shape index (κ2) is 6.97. The number of rotatable bonds is 5. The normalized spacial score (nSPS) is 21.6. The molecule has 8 heteroatoms. The summed E-state index contributed by atoms with van der Waals surface area (Å²) in [7, 11) is 0. The third kappa shape index (κ3) is 5.19. The number of hydrogen-bond acceptors (Lipinski definition) is 4. The first-order chi connectivity index (χ1) is 10.3. The third-order valence-corrected chi connectivity index (χ3v) is 3.29. The number of amides is 1. The Kier molecular flexibility index (Phi) is 5.25. The largest absolute Gasteiger partial charge is 0.573 e. The Balaban J connectivity index is 1.74. The highest BCUT2D eigenvalue weighted by atomic mass is 19.4. The van der Waals surface area contributed by atoms with Crippen molar-refractivity contribution in [2.45, 2.75) is 31.3 Å². The van der Waals surface area contributed by atoms with Gasteiger partial charge in [0.1, 0.15) is 5.75 Å². The summed E-state index contributed by atoms with van der Waals surface area (Å²) < 4.78 is 39.8. The minimum absolute atomic E-state index is 0.187. The molecule has 0 aromatic heterocycles. The van der Waals surface area contributed by atoms with E-state index in [2.05, 4.69) is 15.4 Å². The van der Waals surface area contributed by atoms with Crippen LogP contribution in [0.1, 0.15) is 12.0 Å². The summed E-state index contributed by atoms with van der Waals surface area (Å²) in [6.07, 6.45) is -4.33. The number of alkyl halides is 3. The van der Waals surface area contributed by atoms with Crippen LogP contribution >= 0.6 is 0 Å². The molecule has 3 N–H and O–H groups in total. The van der Waals surface area contributed by atoms with Crippen molar-refractivity contribution in [1.82, 2.24) is 10.6 Å². The molecular formula is C14H17F3N2O3. The fourth-order valence-electron chi connectivity index (χ4n) is 2.23. The molecule has 5 nitrogen and oxygen atoms in total. The van der Waals surface area contributed by atoms with Crippen LogP contribution in [-0.4, -0.2) is 42.6 Å². The Morgan fingerprint density at radius 2 is 2.05 bits per heavy atom. The summed E-state index contributed by atoms with van der Waals surface area (Å²) in [5.74, 6) is -0.460. The van der Waals surface area contributed by atoms with Crippen LogP contribution in [0.2, 0.25) is 0 Å². The maximum Gasteiger partial charge on any atom is 0.573 e. The van der Waals surface area contributed by atoms with Crippen LogP contribution in [0.5, 0.6) is 5.75 Å². The number of ether oxygens (including phenoxy) is 1. The number of aliphatic hydroxyl groups excluding tert-OH is 1. The van der Waals surface area contributed by atoms with Gasteiger partial charge in [0.15, 0.2) is 0 Å². The van der Waals surface area contributed by atoms with E-state index in [1.165, 1.54) is 24.3 Å². The quantitative estimate of drug-likeness (QED) is 0.756. The molecule has 0 spiro atoms. The minimum atomic E-state index is -4.70. The Morgan fingerprint density at radius 1 is 1.36 bits per heavy atom. The number of hydrogen-bond donors (Lipinski definition) is 3. The molecule has 1 amide bonds. The van der Waals surface area contributed by atoms with Gasteiger partial charge in [0.2, 0.25) is 5.91 Å². The zero-order valence-electron chi connectivity index (χ0n) is 11.7. The van der Waals surface area contributed by atoms with E-state index in [1.807, 2.05) is 0 Å². The highest BCUT2D eigenvalue weighted by Gasteiger charge is 2.31. The van der Waals surface area contributed by atoms with Gasteiger partial charge in [-0.3, -0.25) is 4.79 Å². The van der Waals surface area contributed by atoms with E-state index in [-0.39, 0.29) is 11.7 Å². The number of aliphatic hydroxyl groups is 1. The summed E-state index contributed by atoms with van der Waals surface area (Å²) >= 11 is 0. The number of benzene rings is 1. The monoisotopic (exact) mass is 318 g/mol. The molecule has 1 saturated heterocycles. The van der Waals surface area contributed by atoms with Gasteiger partial charge in [-0.2, -0.15) is 0 Å². The first-order valence-electron chi connectivity index (χ1n) is 6.87. The molecule has 0 unspecified atom stereocenters. The lowest BCUT2D eigenvalue weighted by molar-refractivity contribution is -0.274. The van der Waals surface area contributed by atoms with Gasteiger partial charge in [-0.25, -0.2) is 0 Å². The molecule has 1 aromatic carbocycles.